The van der Waals surface area contributed by atoms with Crippen molar-refractivity contribution in [1.29, 1.82) is 0 Å². The average molecular weight is 394 g/mol. The predicted octanol–water partition coefficient (Wildman–Crippen LogP) is 2.95. The van der Waals surface area contributed by atoms with Gasteiger partial charge in [-0.2, -0.15) is 0 Å². The van der Waals surface area contributed by atoms with Crippen LogP contribution < -0.4 is 10.6 Å². The second kappa shape index (κ2) is 6.78. The molecule has 2 bridgehead atoms. The Morgan fingerprint density at radius 3 is 2.44 bits per heavy atom. The number of amides is 2. The number of carbonyl (C=O) groups is 1. The monoisotopic (exact) mass is 393 g/mol. The molecular formula is C20H31N3O3S. The first-order valence-corrected chi connectivity index (χ1v) is 11.0. The van der Waals surface area contributed by atoms with E-state index < -0.39 is 10.0 Å². The van der Waals surface area contributed by atoms with E-state index in [1.165, 1.54) is 24.8 Å². The number of benzene rings is 1. The van der Waals surface area contributed by atoms with Crippen molar-refractivity contribution >= 4 is 16.1 Å². The molecule has 0 spiro atoms. The van der Waals surface area contributed by atoms with Gasteiger partial charge in [0.2, 0.25) is 10.0 Å². The minimum absolute atomic E-state index is 0.112. The van der Waals surface area contributed by atoms with E-state index in [9.17, 15) is 13.2 Å². The normalized spacial score (nSPS) is 29.1. The fourth-order valence-corrected chi connectivity index (χ4v) is 6.02. The second-order valence-corrected chi connectivity index (χ2v) is 11.0. The van der Waals surface area contributed by atoms with Crippen LogP contribution in [0.1, 0.15) is 45.6 Å². The van der Waals surface area contributed by atoms with Crippen molar-refractivity contribution in [2.24, 2.45) is 16.7 Å². The van der Waals surface area contributed by atoms with E-state index in [1.54, 1.807) is 24.3 Å². The Morgan fingerprint density at radius 1 is 1.22 bits per heavy atom. The molecule has 0 aromatic heterocycles. The maximum atomic E-state index is 12.5. The Kier molecular flexibility index (Phi) is 5.06. The average Bonchev–Trinajstić information content (AvgIpc) is 2.93. The topological polar surface area (TPSA) is 78.5 Å². The van der Waals surface area contributed by atoms with Gasteiger partial charge in [-0.25, -0.2) is 17.5 Å². The standard InChI is InChI=1S/C20H31N3O3S/c1-19(2)15-10-11-20(19,3)17(12-15)22-18(24)21-13-14-8-6-7-9-16(14)27(25,26)23(4)5/h6-9,15,17H,10-13H2,1-5H3,(H2,21,22,24). The highest BCUT2D eigenvalue weighted by atomic mass is 32.2. The van der Waals surface area contributed by atoms with Gasteiger partial charge in [0.05, 0.1) is 4.90 Å². The molecular weight excluding hydrogens is 362 g/mol. The summed E-state index contributed by atoms with van der Waals surface area (Å²) < 4.78 is 26.1. The smallest absolute Gasteiger partial charge is 0.315 e. The molecule has 2 fully saturated rings. The van der Waals surface area contributed by atoms with Crippen LogP contribution in [0.3, 0.4) is 0 Å². The van der Waals surface area contributed by atoms with Gasteiger partial charge in [0.1, 0.15) is 0 Å². The van der Waals surface area contributed by atoms with E-state index in [1.807, 2.05) is 0 Å². The number of fused-ring (bicyclic) bond motifs is 2. The molecule has 3 unspecified atom stereocenters. The molecule has 0 aliphatic heterocycles. The zero-order valence-corrected chi connectivity index (χ0v) is 17.7. The van der Waals surface area contributed by atoms with Crippen LogP contribution in [0.2, 0.25) is 0 Å². The molecule has 0 heterocycles. The third kappa shape index (κ3) is 3.25. The largest absolute Gasteiger partial charge is 0.335 e. The van der Waals surface area contributed by atoms with Crippen LogP contribution in [-0.2, 0) is 16.6 Å². The van der Waals surface area contributed by atoms with E-state index in [4.69, 9.17) is 0 Å². The molecule has 27 heavy (non-hydrogen) atoms. The molecule has 1 aromatic rings. The number of rotatable bonds is 5. The van der Waals surface area contributed by atoms with Gasteiger partial charge in [-0.15, -0.1) is 0 Å². The molecule has 2 aliphatic carbocycles. The van der Waals surface area contributed by atoms with Crippen molar-refractivity contribution < 1.29 is 13.2 Å². The fourth-order valence-electron chi connectivity index (χ4n) is 4.90. The highest BCUT2D eigenvalue weighted by Gasteiger charge is 2.61. The summed E-state index contributed by atoms with van der Waals surface area (Å²) in [6.45, 7) is 7.08. The maximum Gasteiger partial charge on any atom is 0.315 e. The van der Waals surface area contributed by atoms with Gasteiger partial charge in [-0.1, -0.05) is 39.0 Å². The Morgan fingerprint density at radius 2 is 1.89 bits per heavy atom. The number of urea groups is 1. The van der Waals surface area contributed by atoms with Gasteiger partial charge in [0.25, 0.3) is 0 Å². The van der Waals surface area contributed by atoms with Crippen LogP contribution >= 0.6 is 0 Å². The van der Waals surface area contributed by atoms with Crippen molar-refractivity contribution in [3.63, 3.8) is 0 Å². The quantitative estimate of drug-likeness (QED) is 0.807. The first-order valence-electron chi connectivity index (χ1n) is 9.55. The van der Waals surface area contributed by atoms with Crippen molar-refractivity contribution in [2.45, 2.75) is 57.5 Å². The van der Waals surface area contributed by atoms with E-state index in [-0.39, 0.29) is 34.3 Å². The molecule has 2 aliphatic rings. The summed E-state index contributed by atoms with van der Waals surface area (Å²) in [5.41, 5.74) is 0.930. The van der Waals surface area contributed by atoms with Gasteiger partial charge >= 0.3 is 6.03 Å². The molecule has 2 amide bonds. The zero-order chi connectivity index (χ0) is 20.0. The minimum Gasteiger partial charge on any atom is -0.335 e. The van der Waals surface area contributed by atoms with Gasteiger partial charge in [0.15, 0.2) is 0 Å². The molecule has 150 valence electrons. The highest BCUT2D eigenvalue weighted by molar-refractivity contribution is 7.89. The Balaban J connectivity index is 1.67. The lowest BCUT2D eigenvalue weighted by Gasteiger charge is -2.39. The Labute approximate surface area is 162 Å². The first-order chi connectivity index (χ1) is 12.5. The molecule has 0 saturated heterocycles. The molecule has 7 heteroatoms. The summed E-state index contributed by atoms with van der Waals surface area (Å²) in [5, 5.41) is 6.00. The van der Waals surface area contributed by atoms with E-state index >= 15 is 0 Å². The summed E-state index contributed by atoms with van der Waals surface area (Å²) in [6.07, 6.45) is 3.39. The lowest BCUT2D eigenvalue weighted by atomic mass is 9.69. The van der Waals surface area contributed by atoms with E-state index in [0.29, 0.717) is 11.5 Å². The van der Waals surface area contributed by atoms with Crippen molar-refractivity contribution in [3.8, 4) is 0 Å². The van der Waals surface area contributed by atoms with Gasteiger partial charge < -0.3 is 10.6 Å². The van der Waals surface area contributed by atoms with Crippen molar-refractivity contribution in [1.82, 2.24) is 14.9 Å². The molecule has 2 saturated carbocycles. The SMILES string of the molecule is CN(C)S(=O)(=O)c1ccccc1CNC(=O)NC1CC2CCC1(C)C2(C)C. The van der Waals surface area contributed by atoms with Gasteiger partial charge in [0, 0.05) is 26.7 Å². The number of hydrogen-bond donors (Lipinski definition) is 2. The minimum atomic E-state index is -3.55. The second-order valence-electron chi connectivity index (χ2n) is 8.89. The summed E-state index contributed by atoms with van der Waals surface area (Å²) in [6, 6.07) is 6.71. The summed E-state index contributed by atoms with van der Waals surface area (Å²) in [5.74, 6) is 0.652. The molecule has 6 nitrogen and oxygen atoms in total. The molecule has 3 rings (SSSR count). The lowest BCUT2D eigenvalue weighted by molar-refractivity contribution is 0.123. The third-order valence-corrected chi connectivity index (χ3v) is 9.19. The Hall–Kier alpha value is -1.60. The summed E-state index contributed by atoms with van der Waals surface area (Å²) >= 11 is 0. The Bertz CT molecular complexity index is 835. The molecule has 0 radical (unpaired) electrons. The van der Waals surface area contributed by atoms with Crippen LogP contribution in [0.5, 0.6) is 0 Å². The van der Waals surface area contributed by atoms with E-state index in [2.05, 4.69) is 31.4 Å². The summed E-state index contributed by atoms with van der Waals surface area (Å²) in [7, 11) is -0.541. The van der Waals surface area contributed by atoms with Crippen LogP contribution in [-0.4, -0.2) is 38.9 Å². The lowest BCUT2D eigenvalue weighted by Crippen LogP contribution is -2.50. The van der Waals surface area contributed by atoms with Crippen molar-refractivity contribution in [2.75, 3.05) is 14.1 Å². The van der Waals surface area contributed by atoms with Gasteiger partial charge in [-0.05, 0) is 47.6 Å². The van der Waals surface area contributed by atoms with Crippen LogP contribution in [0, 0.1) is 16.7 Å². The van der Waals surface area contributed by atoms with E-state index in [0.717, 1.165) is 12.8 Å². The third-order valence-electron chi connectivity index (χ3n) is 7.27. The number of hydrogen-bond acceptors (Lipinski definition) is 3. The summed E-state index contributed by atoms with van der Waals surface area (Å²) in [4.78, 5) is 12.7. The first kappa shape index (κ1) is 20.1. The maximum absolute atomic E-state index is 12.5. The molecule has 1 aromatic carbocycles. The predicted molar refractivity (Wildman–Crippen MR) is 106 cm³/mol. The number of sulfonamides is 1. The molecule has 3 atom stereocenters. The highest BCUT2D eigenvalue weighted by Crippen LogP contribution is 2.65. The van der Waals surface area contributed by atoms with Gasteiger partial charge in [-0.3, -0.25) is 0 Å². The number of nitrogens with one attached hydrogen (secondary N) is 2. The van der Waals surface area contributed by atoms with Crippen LogP contribution in [0.25, 0.3) is 0 Å². The fraction of sp³-hybridized carbons (Fsp3) is 0.650. The number of carbonyl (C=O) groups excluding carboxylic acids is 1. The van der Waals surface area contributed by atoms with Crippen molar-refractivity contribution in [3.05, 3.63) is 29.8 Å². The zero-order valence-electron chi connectivity index (χ0n) is 16.9. The van der Waals surface area contributed by atoms with Crippen LogP contribution in [0.4, 0.5) is 4.79 Å². The van der Waals surface area contributed by atoms with Crippen LogP contribution in [0.15, 0.2) is 29.2 Å². The molecule has 2 N–H and O–H groups in total. The number of nitrogens with zero attached hydrogens (tertiary/aromatic N) is 1.